The number of rotatable bonds is 5. The lowest BCUT2D eigenvalue weighted by atomic mass is 10.1. The van der Waals surface area contributed by atoms with Gasteiger partial charge >= 0.3 is 0 Å². The van der Waals surface area contributed by atoms with E-state index in [9.17, 15) is 0 Å². The van der Waals surface area contributed by atoms with Gasteiger partial charge < -0.3 is 4.74 Å². The molecule has 0 spiro atoms. The van der Waals surface area contributed by atoms with Gasteiger partial charge in [-0.2, -0.15) is 0 Å². The zero-order chi connectivity index (χ0) is 8.85. The molecule has 0 saturated carbocycles. The minimum atomic E-state index is 0.0509. The molecule has 0 aromatic carbocycles. The Hall–Kier alpha value is -0.380. The van der Waals surface area contributed by atoms with Crippen molar-refractivity contribution in [3.05, 3.63) is 12.2 Å². The van der Waals surface area contributed by atoms with Gasteiger partial charge in [-0.05, 0) is 20.8 Å². The first kappa shape index (κ1) is 10.6. The van der Waals surface area contributed by atoms with Crippen molar-refractivity contribution in [2.75, 3.05) is 6.61 Å². The highest BCUT2D eigenvalue weighted by atomic mass is 16.5. The third kappa shape index (κ3) is 3.51. The zero-order valence-electron chi connectivity index (χ0n) is 7.55. The molecule has 0 saturated heterocycles. The van der Waals surface area contributed by atoms with E-state index in [4.69, 9.17) is 10.6 Å². The van der Waals surface area contributed by atoms with Crippen molar-refractivity contribution in [1.82, 2.24) is 5.43 Å². The third-order valence-corrected chi connectivity index (χ3v) is 1.61. The molecule has 11 heavy (non-hydrogen) atoms. The maximum Gasteiger partial charge on any atom is 0.0751 e. The Bertz CT molecular complexity index is 125. The van der Waals surface area contributed by atoms with Gasteiger partial charge in [-0.25, -0.2) is 0 Å². The average Bonchev–Trinajstić information content (AvgIpc) is 1.88. The van der Waals surface area contributed by atoms with Crippen LogP contribution in [0.5, 0.6) is 0 Å². The van der Waals surface area contributed by atoms with Crippen LogP contribution in [0.2, 0.25) is 0 Å². The molecule has 66 valence electrons. The standard InChI is InChI=1S/C8H18N2O/c1-5-11-7(4)8(10-9)6(2)3/h7-8,10H,2,5,9H2,1,3-4H3. The van der Waals surface area contributed by atoms with Gasteiger partial charge in [0.05, 0.1) is 12.1 Å². The first-order chi connectivity index (χ1) is 5.13. The average molecular weight is 158 g/mol. The highest BCUT2D eigenvalue weighted by Crippen LogP contribution is 2.05. The molecule has 3 heteroatoms. The number of ether oxygens (including phenoxy) is 1. The molecule has 0 aromatic heterocycles. The molecule has 0 aliphatic rings. The molecule has 3 nitrogen and oxygen atoms in total. The molecule has 0 aliphatic heterocycles. The van der Waals surface area contributed by atoms with E-state index in [0.717, 1.165) is 5.57 Å². The van der Waals surface area contributed by atoms with Gasteiger partial charge in [0.15, 0.2) is 0 Å². The summed E-state index contributed by atoms with van der Waals surface area (Å²) in [5, 5.41) is 0. The molecule has 0 radical (unpaired) electrons. The highest BCUT2D eigenvalue weighted by Gasteiger charge is 2.15. The summed E-state index contributed by atoms with van der Waals surface area (Å²) in [6.07, 6.45) is 0.0856. The lowest BCUT2D eigenvalue weighted by Gasteiger charge is -2.22. The van der Waals surface area contributed by atoms with Gasteiger partial charge in [-0.15, -0.1) is 0 Å². The second-order valence-corrected chi connectivity index (χ2v) is 2.65. The highest BCUT2D eigenvalue weighted by molar-refractivity contribution is 5.03. The molecule has 2 unspecified atom stereocenters. The Labute approximate surface area is 68.6 Å². The predicted octanol–water partition coefficient (Wildman–Crippen LogP) is 0.819. The maximum atomic E-state index is 5.35. The first-order valence-corrected chi connectivity index (χ1v) is 3.86. The number of nitrogens with one attached hydrogen (secondary N) is 1. The van der Waals surface area contributed by atoms with E-state index in [2.05, 4.69) is 12.0 Å². The van der Waals surface area contributed by atoms with Crippen LogP contribution in [0.25, 0.3) is 0 Å². The molecule has 0 amide bonds. The normalized spacial score (nSPS) is 16.0. The summed E-state index contributed by atoms with van der Waals surface area (Å²) in [5.41, 5.74) is 3.66. The molecular formula is C8H18N2O. The van der Waals surface area contributed by atoms with Crippen LogP contribution in [0.1, 0.15) is 20.8 Å². The van der Waals surface area contributed by atoms with E-state index in [1.165, 1.54) is 0 Å². The lowest BCUT2D eigenvalue weighted by molar-refractivity contribution is 0.0567. The summed E-state index contributed by atoms with van der Waals surface area (Å²) < 4.78 is 5.35. The van der Waals surface area contributed by atoms with Crippen LogP contribution in [0.4, 0.5) is 0 Å². The van der Waals surface area contributed by atoms with Crippen LogP contribution in [0, 0.1) is 0 Å². The number of hydrogen-bond acceptors (Lipinski definition) is 3. The van der Waals surface area contributed by atoms with Gasteiger partial charge in [0.1, 0.15) is 0 Å². The number of hydrogen-bond donors (Lipinski definition) is 2. The van der Waals surface area contributed by atoms with Crippen LogP contribution in [-0.4, -0.2) is 18.8 Å². The van der Waals surface area contributed by atoms with Gasteiger partial charge in [0, 0.05) is 6.61 Å². The van der Waals surface area contributed by atoms with Crippen LogP contribution < -0.4 is 11.3 Å². The van der Waals surface area contributed by atoms with Crippen molar-refractivity contribution in [3.63, 3.8) is 0 Å². The monoisotopic (exact) mass is 158 g/mol. The topological polar surface area (TPSA) is 47.3 Å². The van der Waals surface area contributed by atoms with E-state index in [-0.39, 0.29) is 12.1 Å². The fourth-order valence-electron chi connectivity index (χ4n) is 1.04. The molecular weight excluding hydrogens is 140 g/mol. The van der Waals surface area contributed by atoms with Gasteiger partial charge in [-0.3, -0.25) is 11.3 Å². The maximum absolute atomic E-state index is 5.35. The second kappa shape index (κ2) is 5.29. The van der Waals surface area contributed by atoms with Gasteiger partial charge in [0.25, 0.3) is 0 Å². The third-order valence-electron chi connectivity index (χ3n) is 1.61. The summed E-state index contributed by atoms with van der Waals surface area (Å²) in [6, 6.07) is 0.0509. The minimum absolute atomic E-state index is 0.0509. The van der Waals surface area contributed by atoms with E-state index >= 15 is 0 Å². The Morgan fingerprint density at radius 2 is 2.27 bits per heavy atom. The van der Waals surface area contributed by atoms with Crippen LogP contribution in [-0.2, 0) is 4.74 Å². The Balaban J connectivity index is 3.91. The Kier molecular flexibility index (Phi) is 5.11. The van der Waals surface area contributed by atoms with Crippen molar-refractivity contribution in [3.8, 4) is 0 Å². The van der Waals surface area contributed by atoms with Crippen LogP contribution in [0.15, 0.2) is 12.2 Å². The summed E-state index contributed by atoms with van der Waals surface area (Å²) in [6.45, 7) is 10.4. The largest absolute Gasteiger partial charge is 0.377 e. The number of hydrazine groups is 1. The Morgan fingerprint density at radius 3 is 2.55 bits per heavy atom. The van der Waals surface area contributed by atoms with Gasteiger partial charge in [0.2, 0.25) is 0 Å². The molecule has 0 aromatic rings. The SMILES string of the molecule is C=C(C)C(NN)C(C)OCC. The van der Waals surface area contributed by atoms with E-state index < -0.39 is 0 Å². The zero-order valence-corrected chi connectivity index (χ0v) is 7.55. The van der Waals surface area contributed by atoms with Crippen molar-refractivity contribution < 1.29 is 4.74 Å². The molecule has 0 bridgehead atoms. The van der Waals surface area contributed by atoms with E-state index in [0.29, 0.717) is 6.61 Å². The molecule has 0 heterocycles. The predicted molar refractivity (Wildman–Crippen MR) is 47.0 cm³/mol. The minimum Gasteiger partial charge on any atom is -0.377 e. The van der Waals surface area contributed by atoms with Crippen molar-refractivity contribution >= 4 is 0 Å². The summed E-state index contributed by atoms with van der Waals surface area (Å²) in [7, 11) is 0. The van der Waals surface area contributed by atoms with E-state index in [1.54, 1.807) is 0 Å². The van der Waals surface area contributed by atoms with Crippen LogP contribution in [0.3, 0.4) is 0 Å². The lowest BCUT2D eigenvalue weighted by Crippen LogP contribution is -2.44. The summed E-state index contributed by atoms with van der Waals surface area (Å²) in [5.74, 6) is 5.31. The van der Waals surface area contributed by atoms with Crippen molar-refractivity contribution in [2.45, 2.75) is 32.9 Å². The Morgan fingerprint density at radius 1 is 1.73 bits per heavy atom. The van der Waals surface area contributed by atoms with Gasteiger partial charge in [-0.1, -0.05) is 12.2 Å². The fraction of sp³-hybridized carbons (Fsp3) is 0.750. The quantitative estimate of drug-likeness (QED) is 0.354. The molecule has 0 aliphatic carbocycles. The van der Waals surface area contributed by atoms with Crippen molar-refractivity contribution in [1.29, 1.82) is 0 Å². The van der Waals surface area contributed by atoms with Crippen molar-refractivity contribution in [2.24, 2.45) is 5.84 Å². The first-order valence-electron chi connectivity index (χ1n) is 3.86. The molecule has 0 rings (SSSR count). The van der Waals surface area contributed by atoms with Crippen LogP contribution >= 0.6 is 0 Å². The summed E-state index contributed by atoms with van der Waals surface area (Å²) >= 11 is 0. The van der Waals surface area contributed by atoms with E-state index in [1.807, 2.05) is 20.8 Å². The second-order valence-electron chi connectivity index (χ2n) is 2.65. The fourth-order valence-corrected chi connectivity index (χ4v) is 1.04. The number of nitrogens with two attached hydrogens (primary N) is 1. The molecule has 2 atom stereocenters. The summed E-state index contributed by atoms with van der Waals surface area (Å²) in [4.78, 5) is 0. The molecule has 0 fully saturated rings. The smallest absolute Gasteiger partial charge is 0.0751 e. The molecule has 3 N–H and O–H groups in total.